The van der Waals surface area contributed by atoms with E-state index in [9.17, 15) is 9.90 Å². The maximum atomic E-state index is 11.5. The zero-order chi connectivity index (χ0) is 21.2. The van der Waals surface area contributed by atoms with Gasteiger partial charge < -0.3 is 14.3 Å². The molecule has 4 nitrogen and oxygen atoms in total. The standard InChI is InChI=1S/C25H34O4/c1-18(8-5-9-19(2)11-7-13-22-14-15-28-17-22)10-6-12-20(3)16-23-24(26)21(4)25(27)29-23/h5,8-9,12,14-15,17-18,23,26H,6-7,10-11,13,16H2,1-4H3/b8-5-,19-9+,20-12-/t18?,23-/m0/s1. The minimum absolute atomic E-state index is 0.0750. The summed E-state index contributed by atoms with van der Waals surface area (Å²) in [5, 5.41) is 9.92. The largest absolute Gasteiger partial charge is 0.508 e. The van der Waals surface area contributed by atoms with Crippen molar-refractivity contribution in [1.29, 1.82) is 0 Å². The van der Waals surface area contributed by atoms with E-state index < -0.39 is 12.1 Å². The van der Waals surface area contributed by atoms with Crippen molar-refractivity contribution in [3.8, 4) is 0 Å². The van der Waals surface area contributed by atoms with Gasteiger partial charge in [0.05, 0.1) is 18.1 Å². The topological polar surface area (TPSA) is 59.7 Å². The number of carbonyl (C=O) groups excluding carboxylic acids is 1. The molecule has 0 aliphatic carbocycles. The van der Waals surface area contributed by atoms with Crippen LogP contribution in [0.2, 0.25) is 0 Å². The van der Waals surface area contributed by atoms with Gasteiger partial charge in [0.1, 0.15) is 5.76 Å². The summed E-state index contributed by atoms with van der Waals surface area (Å²) in [4.78, 5) is 11.5. The van der Waals surface area contributed by atoms with Crippen molar-refractivity contribution in [2.75, 3.05) is 0 Å². The number of allylic oxidation sites excluding steroid dienone is 5. The van der Waals surface area contributed by atoms with Crippen LogP contribution in [0.15, 0.2) is 69.8 Å². The summed E-state index contributed by atoms with van der Waals surface area (Å²) in [7, 11) is 0. The lowest BCUT2D eigenvalue weighted by Gasteiger charge is -2.11. The van der Waals surface area contributed by atoms with Crippen LogP contribution in [0.25, 0.3) is 0 Å². The fourth-order valence-corrected chi connectivity index (χ4v) is 3.32. The number of carbonyl (C=O) groups is 1. The molecule has 4 heteroatoms. The Bertz CT molecular complexity index is 778. The zero-order valence-electron chi connectivity index (χ0n) is 18.1. The Morgan fingerprint density at radius 2 is 2.10 bits per heavy atom. The highest BCUT2D eigenvalue weighted by atomic mass is 16.6. The molecule has 0 bridgehead atoms. The average Bonchev–Trinajstić information content (AvgIpc) is 3.27. The van der Waals surface area contributed by atoms with Crippen molar-refractivity contribution < 1.29 is 19.1 Å². The number of aliphatic hydroxyl groups excluding tert-OH is 1. The minimum Gasteiger partial charge on any atom is -0.508 e. The zero-order valence-corrected chi connectivity index (χ0v) is 18.1. The third-order valence-electron chi connectivity index (χ3n) is 5.30. The van der Waals surface area contributed by atoms with Crippen molar-refractivity contribution in [2.24, 2.45) is 5.92 Å². The van der Waals surface area contributed by atoms with Crippen LogP contribution < -0.4 is 0 Å². The van der Waals surface area contributed by atoms with Crippen LogP contribution in [0.5, 0.6) is 0 Å². The van der Waals surface area contributed by atoms with E-state index in [0.717, 1.165) is 37.7 Å². The molecule has 2 heterocycles. The molecule has 0 saturated carbocycles. The third-order valence-corrected chi connectivity index (χ3v) is 5.30. The Balaban J connectivity index is 1.65. The molecule has 29 heavy (non-hydrogen) atoms. The second-order valence-electron chi connectivity index (χ2n) is 8.10. The third kappa shape index (κ3) is 7.80. The highest BCUT2D eigenvalue weighted by Gasteiger charge is 2.31. The fourth-order valence-electron chi connectivity index (χ4n) is 3.32. The smallest absolute Gasteiger partial charge is 0.338 e. The van der Waals surface area contributed by atoms with Crippen molar-refractivity contribution >= 4 is 5.97 Å². The fraction of sp³-hybridized carbons (Fsp3) is 0.480. The molecule has 1 aliphatic rings. The number of aliphatic hydroxyl groups is 1. The molecule has 158 valence electrons. The molecular formula is C25H34O4. The van der Waals surface area contributed by atoms with Crippen LogP contribution in [-0.4, -0.2) is 17.2 Å². The van der Waals surface area contributed by atoms with E-state index >= 15 is 0 Å². The quantitative estimate of drug-likeness (QED) is 0.259. The van der Waals surface area contributed by atoms with Crippen molar-refractivity contribution in [2.45, 2.75) is 72.3 Å². The number of rotatable bonds is 11. The number of aryl methyl sites for hydroxylation is 1. The molecule has 0 saturated heterocycles. The van der Waals surface area contributed by atoms with Crippen LogP contribution in [0, 0.1) is 5.92 Å². The molecule has 0 radical (unpaired) electrons. The Kier molecular flexibility index (Phi) is 9.04. The number of hydrogen-bond acceptors (Lipinski definition) is 4. The first-order valence-electron chi connectivity index (χ1n) is 10.5. The van der Waals surface area contributed by atoms with Gasteiger partial charge in [0.15, 0.2) is 6.10 Å². The van der Waals surface area contributed by atoms with E-state index in [1.54, 1.807) is 13.2 Å². The molecule has 0 aromatic carbocycles. The lowest BCUT2D eigenvalue weighted by molar-refractivity contribution is -0.140. The predicted octanol–water partition coefficient (Wildman–Crippen LogP) is 6.61. The molecule has 2 rings (SSSR count). The van der Waals surface area contributed by atoms with Gasteiger partial charge in [-0.1, -0.05) is 42.4 Å². The lowest BCUT2D eigenvalue weighted by atomic mass is 10.0. The Morgan fingerprint density at radius 3 is 2.76 bits per heavy atom. The van der Waals surface area contributed by atoms with E-state index in [4.69, 9.17) is 9.15 Å². The molecule has 2 atom stereocenters. The lowest BCUT2D eigenvalue weighted by Crippen LogP contribution is -2.12. The van der Waals surface area contributed by atoms with Gasteiger partial charge in [0, 0.05) is 6.42 Å². The predicted molar refractivity (Wildman–Crippen MR) is 117 cm³/mol. The normalized spacial score (nSPS) is 19.3. The molecule has 1 N–H and O–H groups in total. The first-order valence-corrected chi connectivity index (χ1v) is 10.5. The van der Waals surface area contributed by atoms with Gasteiger partial charge in [0.25, 0.3) is 0 Å². The van der Waals surface area contributed by atoms with Gasteiger partial charge >= 0.3 is 5.97 Å². The molecular weight excluding hydrogens is 364 g/mol. The minimum atomic E-state index is -0.516. The number of esters is 1. The van der Waals surface area contributed by atoms with Crippen LogP contribution in [0.1, 0.15) is 65.4 Å². The van der Waals surface area contributed by atoms with Crippen LogP contribution in [0.3, 0.4) is 0 Å². The summed E-state index contributed by atoms with van der Waals surface area (Å²) in [5.74, 6) is 0.156. The van der Waals surface area contributed by atoms with Crippen molar-refractivity contribution in [3.05, 3.63) is 70.9 Å². The van der Waals surface area contributed by atoms with Gasteiger partial charge in [-0.25, -0.2) is 4.79 Å². The highest BCUT2D eigenvalue weighted by molar-refractivity contribution is 5.91. The van der Waals surface area contributed by atoms with E-state index in [1.807, 2.05) is 19.3 Å². The van der Waals surface area contributed by atoms with Gasteiger partial charge in [-0.2, -0.15) is 0 Å². The molecule has 1 unspecified atom stereocenters. The van der Waals surface area contributed by atoms with E-state index in [-0.39, 0.29) is 5.76 Å². The van der Waals surface area contributed by atoms with Gasteiger partial charge in [-0.05, 0) is 70.4 Å². The maximum Gasteiger partial charge on any atom is 0.338 e. The van der Waals surface area contributed by atoms with E-state index in [0.29, 0.717) is 17.9 Å². The number of cyclic esters (lactones) is 1. The van der Waals surface area contributed by atoms with Crippen molar-refractivity contribution in [1.82, 2.24) is 0 Å². The molecule has 1 aromatic heterocycles. The number of ether oxygens (including phenoxy) is 1. The maximum absolute atomic E-state index is 11.5. The SMILES string of the molecule is CC1=C(O)[C@H](C/C(C)=C\CCC(C)/C=C\C=C(/C)CCCc2ccoc2)OC1=O. The molecule has 0 amide bonds. The average molecular weight is 399 g/mol. The van der Waals surface area contributed by atoms with Crippen LogP contribution in [-0.2, 0) is 16.0 Å². The first-order chi connectivity index (χ1) is 13.9. The highest BCUT2D eigenvalue weighted by Crippen LogP contribution is 2.25. The molecule has 0 spiro atoms. The second kappa shape index (κ2) is 11.5. The Hall–Kier alpha value is -2.49. The van der Waals surface area contributed by atoms with Gasteiger partial charge in [-0.3, -0.25) is 0 Å². The summed E-state index contributed by atoms with van der Waals surface area (Å²) in [6, 6.07) is 2.03. The van der Waals surface area contributed by atoms with Crippen LogP contribution in [0.4, 0.5) is 0 Å². The number of furan rings is 1. The van der Waals surface area contributed by atoms with Gasteiger partial charge in [-0.15, -0.1) is 0 Å². The second-order valence-corrected chi connectivity index (χ2v) is 8.10. The summed E-state index contributed by atoms with van der Waals surface area (Å²) in [6.07, 6.45) is 17.7. The molecule has 0 fully saturated rings. The van der Waals surface area contributed by atoms with Crippen LogP contribution >= 0.6 is 0 Å². The first kappa shape index (κ1) is 22.8. The van der Waals surface area contributed by atoms with E-state index in [1.165, 1.54) is 11.1 Å². The van der Waals surface area contributed by atoms with E-state index in [2.05, 4.69) is 38.2 Å². The summed E-state index contributed by atoms with van der Waals surface area (Å²) in [5.41, 5.74) is 4.11. The summed E-state index contributed by atoms with van der Waals surface area (Å²) < 4.78 is 10.3. The molecule has 1 aromatic rings. The van der Waals surface area contributed by atoms with Gasteiger partial charge in [0.2, 0.25) is 0 Å². The number of hydrogen-bond donors (Lipinski definition) is 1. The molecule has 1 aliphatic heterocycles. The monoisotopic (exact) mass is 398 g/mol. The van der Waals surface area contributed by atoms with Crippen molar-refractivity contribution in [3.63, 3.8) is 0 Å². The Morgan fingerprint density at radius 1 is 1.31 bits per heavy atom. The summed E-state index contributed by atoms with van der Waals surface area (Å²) in [6.45, 7) is 8.02. The Labute approximate surface area is 174 Å². The summed E-state index contributed by atoms with van der Waals surface area (Å²) >= 11 is 0.